The lowest BCUT2D eigenvalue weighted by Gasteiger charge is -2.34. The first-order valence-corrected chi connectivity index (χ1v) is 14.4. The zero-order valence-electron chi connectivity index (χ0n) is 23.2. The predicted molar refractivity (Wildman–Crippen MR) is 158 cm³/mol. The maximum Gasteiger partial charge on any atom is 0.253 e. The van der Waals surface area contributed by atoms with Gasteiger partial charge in [-0.15, -0.1) is 0 Å². The van der Waals surface area contributed by atoms with Crippen LogP contribution in [0, 0.1) is 0 Å². The SMILES string of the molecule is COc1ccc(CCN(C)c2cc(Cl)nc(SCc3ccc(C(=O)N4CCN(C(C)=O)CC4)cc3)n2)cc1OC. The van der Waals surface area contributed by atoms with Gasteiger partial charge in [0.25, 0.3) is 5.91 Å². The Balaban J connectivity index is 1.32. The summed E-state index contributed by atoms with van der Waals surface area (Å²) in [5.41, 5.74) is 2.82. The molecule has 3 aromatic rings. The van der Waals surface area contributed by atoms with Crippen LogP contribution in [0.25, 0.3) is 0 Å². The van der Waals surface area contributed by atoms with E-state index in [0.717, 1.165) is 29.9 Å². The average Bonchev–Trinajstić information content (AvgIpc) is 2.98. The highest BCUT2D eigenvalue weighted by atomic mass is 35.5. The van der Waals surface area contributed by atoms with Crippen molar-refractivity contribution in [2.45, 2.75) is 24.3 Å². The first-order chi connectivity index (χ1) is 19.3. The summed E-state index contributed by atoms with van der Waals surface area (Å²) in [6.45, 7) is 4.53. The number of hydrogen-bond donors (Lipinski definition) is 0. The van der Waals surface area contributed by atoms with Crippen LogP contribution in [0.15, 0.2) is 53.7 Å². The second kappa shape index (κ2) is 13.7. The van der Waals surface area contributed by atoms with Crippen molar-refractivity contribution in [3.63, 3.8) is 0 Å². The Morgan fingerprint density at radius 2 is 1.57 bits per heavy atom. The minimum Gasteiger partial charge on any atom is -0.493 e. The summed E-state index contributed by atoms with van der Waals surface area (Å²) in [6, 6.07) is 15.3. The Labute approximate surface area is 244 Å². The molecular weight excluding hydrogens is 550 g/mol. The van der Waals surface area contributed by atoms with E-state index >= 15 is 0 Å². The molecule has 11 heteroatoms. The summed E-state index contributed by atoms with van der Waals surface area (Å²) < 4.78 is 10.7. The van der Waals surface area contributed by atoms with Gasteiger partial charge in [-0.1, -0.05) is 41.6 Å². The van der Waals surface area contributed by atoms with Crippen molar-refractivity contribution < 1.29 is 19.1 Å². The monoisotopic (exact) mass is 583 g/mol. The van der Waals surface area contributed by atoms with E-state index in [4.69, 9.17) is 26.1 Å². The maximum absolute atomic E-state index is 12.9. The Morgan fingerprint density at radius 1 is 0.925 bits per heavy atom. The number of hydrogen-bond acceptors (Lipinski definition) is 8. The molecule has 1 fully saturated rings. The Hall–Kier alpha value is -3.50. The Kier molecular flexibility index (Phi) is 10.1. The summed E-state index contributed by atoms with van der Waals surface area (Å²) in [4.78, 5) is 39.1. The molecule has 2 aromatic carbocycles. The number of nitrogens with zero attached hydrogens (tertiary/aromatic N) is 5. The molecule has 1 aromatic heterocycles. The molecule has 4 rings (SSSR count). The van der Waals surface area contributed by atoms with E-state index in [0.29, 0.717) is 59.3 Å². The minimum absolute atomic E-state index is 0.0126. The average molecular weight is 584 g/mol. The highest BCUT2D eigenvalue weighted by Crippen LogP contribution is 2.28. The molecule has 40 heavy (non-hydrogen) atoms. The number of thioether (sulfide) groups is 1. The third-order valence-corrected chi connectivity index (χ3v) is 7.93. The third-order valence-electron chi connectivity index (χ3n) is 6.82. The molecule has 0 unspecified atom stereocenters. The summed E-state index contributed by atoms with van der Waals surface area (Å²) in [7, 11) is 5.23. The van der Waals surface area contributed by atoms with Crippen LogP contribution in [-0.2, 0) is 17.0 Å². The van der Waals surface area contributed by atoms with E-state index in [1.165, 1.54) is 11.8 Å². The summed E-state index contributed by atoms with van der Waals surface area (Å²) >= 11 is 7.83. The van der Waals surface area contributed by atoms with Crippen molar-refractivity contribution in [3.8, 4) is 11.5 Å². The fourth-order valence-electron chi connectivity index (χ4n) is 4.39. The van der Waals surface area contributed by atoms with Crippen LogP contribution >= 0.6 is 23.4 Å². The fraction of sp³-hybridized carbons (Fsp3) is 0.379. The summed E-state index contributed by atoms with van der Waals surface area (Å²) in [6.07, 6.45) is 0.790. The van der Waals surface area contributed by atoms with Crippen molar-refractivity contribution in [2.24, 2.45) is 0 Å². The highest BCUT2D eigenvalue weighted by Gasteiger charge is 2.23. The van der Waals surface area contributed by atoms with E-state index in [1.807, 2.05) is 54.4 Å². The molecule has 0 saturated carbocycles. The minimum atomic E-state index is -0.0126. The van der Waals surface area contributed by atoms with Gasteiger partial charge in [-0.3, -0.25) is 9.59 Å². The van der Waals surface area contributed by atoms with Crippen molar-refractivity contribution in [1.82, 2.24) is 19.8 Å². The number of rotatable bonds is 10. The zero-order valence-corrected chi connectivity index (χ0v) is 24.8. The smallest absolute Gasteiger partial charge is 0.253 e. The quantitative estimate of drug-likeness (QED) is 0.197. The van der Waals surface area contributed by atoms with Gasteiger partial charge in [0, 0.05) is 64.1 Å². The molecule has 2 amide bonds. The molecule has 0 N–H and O–H groups in total. The molecule has 1 saturated heterocycles. The number of methoxy groups -OCH3 is 2. The standard InChI is InChI=1S/C29H34ClN5O4S/c1-20(36)34-13-15-35(16-14-34)28(37)23-8-5-22(6-9-23)19-40-29-31-26(30)18-27(32-29)33(2)12-11-21-7-10-24(38-3)25(17-21)39-4/h5-10,17-18H,11-16,19H2,1-4H3. The van der Waals surface area contributed by atoms with Gasteiger partial charge in [0.15, 0.2) is 16.7 Å². The Morgan fingerprint density at radius 3 is 2.23 bits per heavy atom. The zero-order chi connectivity index (χ0) is 28.6. The number of carbonyl (C=O) groups excluding carboxylic acids is 2. The molecule has 1 aliphatic heterocycles. The fourth-order valence-corrected chi connectivity index (χ4v) is 5.43. The third kappa shape index (κ3) is 7.57. The van der Waals surface area contributed by atoms with Gasteiger partial charge < -0.3 is 24.2 Å². The van der Waals surface area contributed by atoms with E-state index in [-0.39, 0.29) is 11.8 Å². The lowest BCUT2D eigenvalue weighted by atomic mass is 10.1. The number of benzene rings is 2. The van der Waals surface area contributed by atoms with Crippen LogP contribution in [0.4, 0.5) is 5.82 Å². The van der Waals surface area contributed by atoms with Crippen LogP contribution in [-0.4, -0.2) is 85.6 Å². The molecule has 0 radical (unpaired) electrons. The summed E-state index contributed by atoms with van der Waals surface area (Å²) in [5.74, 6) is 2.83. The van der Waals surface area contributed by atoms with Crippen LogP contribution < -0.4 is 14.4 Å². The number of likely N-dealkylation sites (N-methyl/N-ethyl adjacent to an activating group) is 1. The number of anilines is 1. The molecule has 1 aliphatic rings. The lowest BCUT2D eigenvalue weighted by molar-refractivity contribution is -0.130. The number of aromatic nitrogens is 2. The number of piperazine rings is 1. The van der Waals surface area contributed by atoms with Gasteiger partial charge >= 0.3 is 0 Å². The first-order valence-electron chi connectivity index (χ1n) is 13.0. The normalized spacial score (nSPS) is 13.2. The molecule has 0 spiro atoms. The van der Waals surface area contributed by atoms with Gasteiger partial charge in [-0.05, 0) is 41.8 Å². The predicted octanol–water partition coefficient (Wildman–Crippen LogP) is 4.42. The van der Waals surface area contributed by atoms with E-state index in [1.54, 1.807) is 37.0 Å². The molecule has 0 bridgehead atoms. The van der Waals surface area contributed by atoms with Gasteiger partial charge in [0.1, 0.15) is 11.0 Å². The van der Waals surface area contributed by atoms with E-state index in [2.05, 4.69) is 4.98 Å². The van der Waals surface area contributed by atoms with Gasteiger partial charge in [0.2, 0.25) is 5.91 Å². The van der Waals surface area contributed by atoms with Crippen LogP contribution in [0.3, 0.4) is 0 Å². The number of ether oxygens (including phenoxy) is 2. The van der Waals surface area contributed by atoms with Crippen molar-refractivity contribution >= 4 is 41.0 Å². The maximum atomic E-state index is 12.9. The van der Waals surface area contributed by atoms with E-state index < -0.39 is 0 Å². The largest absolute Gasteiger partial charge is 0.493 e. The van der Waals surface area contributed by atoms with Crippen LogP contribution in [0.1, 0.15) is 28.4 Å². The number of carbonyl (C=O) groups is 2. The van der Waals surface area contributed by atoms with Gasteiger partial charge in [-0.2, -0.15) is 0 Å². The topological polar surface area (TPSA) is 88.1 Å². The second-order valence-electron chi connectivity index (χ2n) is 9.48. The van der Waals surface area contributed by atoms with Gasteiger partial charge in [0.05, 0.1) is 14.2 Å². The van der Waals surface area contributed by atoms with Crippen LogP contribution in [0.5, 0.6) is 11.5 Å². The lowest BCUT2D eigenvalue weighted by Crippen LogP contribution is -2.50. The van der Waals surface area contributed by atoms with Crippen molar-refractivity contribution in [2.75, 3.05) is 58.9 Å². The number of halogens is 1. The first kappa shape index (κ1) is 29.5. The molecule has 0 atom stereocenters. The molecular formula is C29H34ClN5O4S. The number of amides is 2. The molecule has 9 nitrogen and oxygen atoms in total. The second-order valence-corrected chi connectivity index (χ2v) is 10.8. The van der Waals surface area contributed by atoms with E-state index in [9.17, 15) is 9.59 Å². The van der Waals surface area contributed by atoms with Crippen LogP contribution in [0.2, 0.25) is 5.15 Å². The van der Waals surface area contributed by atoms with Gasteiger partial charge in [-0.25, -0.2) is 9.97 Å². The van der Waals surface area contributed by atoms with Crippen molar-refractivity contribution in [1.29, 1.82) is 0 Å². The highest BCUT2D eigenvalue weighted by molar-refractivity contribution is 7.98. The summed E-state index contributed by atoms with van der Waals surface area (Å²) in [5, 5.41) is 0.972. The molecule has 212 valence electrons. The molecule has 2 heterocycles. The Bertz CT molecular complexity index is 1330. The molecule has 0 aliphatic carbocycles. The van der Waals surface area contributed by atoms with Crippen molar-refractivity contribution in [3.05, 3.63) is 70.4 Å².